The number of nitrogens with zero attached hydrogens (tertiary/aromatic N) is 1. The first-order valence-electron chi connectivity index (χ1n) is 4.22. The number of halogens is 3. The monoisotopic (exact) mass is 204 g/mol. The van der Waals surface area contributed by atoms with E-state index in [-0.39, 0.29) is 6.42 Å². The molecule has 0 radical (unpaired) electrons. The number of rotatable bonds is 3. The van der Waals surface area contributed by atoms with Gasteiger partial charge in [0.25, 0.3) is 0 Å². The lowest BCUT2D eigenvalue weighted by Gasteiger charge is -2.12. The molecule has 0 aliphatic rings. The van der Waals surface area contributed by atoms with Crippen LogP contribution in [-0.4, -0.2) is 11.2 Å². The van der Waals surface area contributed by atoms with Gasteiger partial charge in [-0.2, -0.15) is 13.2 Å². The van der Waals surface area contributed by atoms with Crippen molar-refractivity contribution in [2.45, 2.75) is 25.1 Å². The minimum atomic E-state index is -4.15. The van der Waals surface area contributed by atoms with Crippen LogP contribution >= 0.6 is 0 Å². The van der Waals surface area contributed by atoms with Crippen LogP contribution < -0.4 is 5.73 Å². The third-order valence-electron chi connectivity index (χ3n) is 1.81. The van der Waals surface area contributed by atoms with E-state index in [1.54, 1.807) is 18.2 Å². The molecule has 14 heavy (non-hydrogen) atoms. The highest BCUT2D eigenvalue weighted by Gasteiger charge is 2.27. The van der Waals surface area contributed by atoms with Crippen molar-refractivity contribution in [3.8, 4) is 0 Å². The van der Waals surface area contributed by atoms with Crippen LogP contribution in [0.3, 0.4) is 0 Å². The highest BCUT2D eigenvalue weighted by Crippen LogP contribution is 2.25. The molecule has 0 amide bonds. The highest BCUT2D eigenvalue weighted by molar-refractivity contribution is 5.07. The molecule has 0 aliphatic heterocycles. The van der Waals surface area contributed by atoms with E-state index in [0.717, 1.165) is 0 Å². The van der Waals surface area contributed by atoms with Crippen LogP contribution in [0.2, 0.25) is 0 Å². The molecule has 2 N–H and O–H groups in total. The Morgan fingerprint density at radius 2 is 2.07 bits per heavy atom. The summed E-state index contributed by atoms with van der Waals surface area (Å²) >= 11 is 0. The summed E-state index contributed by atoms with van der Waals surface area (Å²) in [5.41, 5.74) is 6.04. The van der Waals surface area contributed by atoms with E-state index in [0.29, 0.717) is 5.69 Å². The fourth-order valence-corrected chi connectivity index (χ4v) is 1.06. The Kier molecular flexibility index (Phi) is 3.46. The van der Waals surface area contributed by atoms with Crippen LogP contribution in [0.15, 0.2) is 24.4 Å². The molecule has 1 atom stereocenters. The highest BCUT2D eigenvalue weighted by atomic mass is 19.4. The van der Waals surface area contributed by atoms with E-state index in [4.69, 9.17) is 5.73 Å². The van der Waals surface area contributed by atoms with Crippen LogP contribution in [0.1, 0.15) is 24.6 Å². The van der Waals surface area contributed by atoms with E-state index < -0.39 is 18.6 Å². The van der Waals surface area contributed by atoms with Gasteiger partial charge in [0.1, 0.15) is 0 Å². The van der Waals surface area contributed by atoms with Crippen molar-refractivity contribution in [3.63, 3.8) is 0 Å². The predicted molar refractivity (Wildman–Crippen MR) is 46.5 cm³/mol. The van der Waals surface area contributed by atoms with Crippen LogP contribution in [-0.2, 0) is 0 Å². The molecule has 1 aromatic rings. The molecule has 2 nitrogen and oxygen atoms in total. The Morgan fingerprint density at radius 3 is 2.57 bits per heavy atom. The van der Waals surface area contributed by atoms with Crippen LogP contribution in [0.25, 0.3) is 0 Å². The SMILES string of the molecule is N[C@@H](CCC(F)(F)F)c1ccccn1. The summed E-state index contributed by atoms with van der Waals surface area (Å²) in [6.45, 7) is 0. The van der Waals surface area contributed by atoms with Crippen LogP contribution in [0.5, 0.6) is 0 Å². The average Bonchev–Trinajstić information content (AvgIpc) is 2.14. The van der Waals surface area contributed by atoms with Gasteiger partial charge in [0.05, 0.1) is 5.69 Å². The molecule has 5 heteroatoms. The second-order valence-electron chi connectivity index (χ2n) is 3.01. The fraction of sp³-hybridized carbons (Fsp3) is 0.444. The maximum absolute atomic E-state index is 11.9. The Bertz CT molecular complexity index is 271. The van der Waals surface area contributed by atoms with Crippen molar-refractivity contribution < 1.29 is 13.2 Å². The summed E-state index contributed by atoms with van der Waals surface area (Å²) in [4.78, 5) is 3.89. The van der Waals surface area contributed by atoms with Crippen LogP contribution in [0.4, 0.5) is 13.2 Å². The standard InChI is InChI=1S/C9H11F3N2/c10-9(11,12)5-4-7(13)8-3-1-2-6-14-8/h1-3,6-7H,4-5,13H2/t7-/m0/s1. The zero-order chi connectivity index (χ0) is 10.6. The molecule has 1 rings (SSSR count). The molecule has 0 saturated carbocycles. The third kappa shape index (κ3) is 3.74. The van der Waals surface area contributed by atoms with E-state index in [1.165, 1.54) is 6.20 Å². The maximum Gasteiger partial charge on any atom is 0.389 e. The van der Waals surface area contributed by atoms with E-state index in [1.807, 2.05) is 0 Å². The first-order chi connectivity index (χ1) is 6.49. The van der Waals surface area contributed by atoms with Crippen molar-refractivity contribution in [1.29, 1.82) is 0 Å². The van der Waals surface area contributed by atoms with E-state index >= 15 is 0 Å². The van der Waals surface area contributed by atoms with Gasteiger partial charge in [0.2, 0.25) is 0 Å². The molecule has 0 saturated heterocycles. The molecular formula is C9H11F3N2. The quantitative estimate of drug-likeness (QED) is 0.821. The van der Waals surface area contributed by atoms with Gasteiger partial charge in [0, 0.05) is 18.7 Å². The Labute approximate surface area is 79.9 Å². The maximum atomic E-state index is 11.9. The van der Waals surface area contributed by atoms with Gasteiger partial charge in [-0.3, -0.25) is 4.98 Å². The number of pyridine rings is 1. The van der Waals surface area contributed by atoms with Gasteiger partial charge in [-0.25, -0.2) is 0 Å². The molecule has 0 aromatic carbocycles. The molecule has 0 spiro atoms. The molecule has 0 aliphatic carbocycles. The summed E-state index contributed by atoms with van der Waals surface area (Å²) in [6, 6.07) is 4.38. The minimum absolute atomic E-state index is 0.124. The van der Waals surface area contributed by atoms with E-state index in [9.17, 15) is 13.2 Å². The van der Waals surface area contributed by atoms with E-state index in [2.05, 4.69) is 4.98 Å². The van der Waals surface area contributed by atoms with Gasteiger partial charge < -0.3 is 5.73 Å². The second kappa shape index (κ2) is 4.41. The number of aromatic nitrogens is 1. The second-order valence-corrected chi connectivity index (χ2v) is 3.01. The summed E-state index contributed by atoms with van der Waals surface area (Å²) in [5.74, 6) is 0. The number of hydrogen-bond donors (Lipinski definition) is 1. The topological polar surface area (TPSA) is 38.9 Å². The Balaban J connectivity index is 2.48. The normalized spacial score (nSPS) is 14.0. The predicted octanol–water partition coefficient (Wildman–Crippen LogP) is 2.42. The lowest BCUT2D eigenvalue weighted by molar-refractivity contribution is -0.136. The third-order valence-corrected chi connectivity index (χ3v) is 1.81. The minimum Gasteiger partial charge on any atom is -0.323 e. The van der Waals surface area contributed by atoms with Crippen molar-refractivity contribution in [3.05, 3.63) is 30.1 Å². The summed E-state index contributed by atoms with van der Waals surface area (Å²) in [6.07, 6.45) is -3.62. The van der Waals surface area contributed by atoms with Crippen molar-refractivity contribution in [2.75, 3.05) is 0 Å². The Morgan fingerprint density at radius 1 is 1.36 bits per heavy atom. The van der Waals surface area contributed by atoms with Crippen molar-refractivity contribution >= 4 is 0 Å². The lowest BCUT2D eigenvalue weighted by atomic mass is 10.1. The van der Waals surface area contributed by atoms with Gasteiger partial charge in [-0.1, -0.05) is 6.07 Å². The smallest absolute Gasteiger partial charge is 0.323 e. The summed E-state index contributed by atoms with van der Waals surface area (Å²) < 4.78 is 35.6. The molecule has 78 valence electrons. The van der Waals surface area contributed by atoms with Crippen molar-refractivity contribution in [1.82, 2.24) is 4.98 Å². The zero-order valence-corrected chi connectivity index (χ0v) is 7.46. The Hall–Kier alpha value is -1.10. The lowest BCUT2D eigenvalue weighted by Crippen LogP contribution is -2.16. The fourth-order valence-electron chi connectivity index (χ4n) is 1.06. The van der Waals surface area contributed by atoms with Crippen molar-refractivity contribution in [2.24, 2.45) is 5.73 Å². The average molecular weight is 204 g/mol. The van der Waals surface area contributed by atoms with Gasteiger partial charge in [0.15, 0.2) is 0 Å². The largest absolute Gasteiger partial charge is 0.389 e. The summed E-state index contributed by atoms with van der Waals surface area (Å²) in [7, 11) is 0. The van der Waals surface area contributed by atoms with Gasteiger partial charge in [-0.05, 0) is 18.6 Å². The summed E-state index contributed by atoms with van der Waals surface area (Å²) in [5, 5.41) is 0. The molecule has 0 unspecified atom stereocenters. The van der Waals surface area contributed by atoms with Gasteiger partial charge >= 0.3 is 6.18 Å². The number of nitrogens with two attached hydrogens (primary N) is 1. The molecule has 0 bridgehead atoms. The first-order valence-corrected chi connectivity index (χ1v) is 4.22. The van der Waals surface area contributed by atoms with Gasteiger partial charge in [-0.15, -0.1) is 0 Å². The molecule has 1 heterocycles. The van der Waals surface area contributed by atoms with Crippen LogP contribution in [0, 0.1) is 0 Å². The zero-order valence-electron chi connectivity index (χ0n) is 7.46. The first kappa shape index (κ1) is 11.0. The number of alkyl halides is 3. The molecule has 0 fully saturated rings. The number of hydrogen-bond acceptors (Lipinski definition) is 2. The molecular weight excluding hydrogens is 193 g/mol. The molecule has 1 aromatic heterocycles.